The Balaban J connectivity index is 2.03. The van der Waals surface area contributed by atoms with Crippen LogP contribution < -0.4 is 5.32 Å². The zero-order valence-corrected chi connectivity index (χ0v) is 14.6. The van der Waals surface area contributed by atoms with E-state index < -0.39 is 0 Å². The molecule has 0 saturated carbocycles. The SMILES string of the molecule is CCC(C)n1ncc(NC(=O)N(C)Cc2scnc2C)c1C. The molecule has 2 rings (SSSR count). The number of amides is 2. The van der Waals surface area contributed by atoms with Crippen molar-refractivity contribution in [3.63, 3.8) is 0 Å². The molecule has 1 unspecified atom stereocenters. The standard InChI is InChI=1S/C15H23N5OS/c1-6-10(2)20-12(4)13(7-17-20)18-15(21)19(5)8-14-11(3)16-9-22-14/h7,9-10H,6,8H2,1-5H3,(H,18,21). The number of anilines is 1. The average Bonchev–Trinajstić information content (AvgIpc) is 3.05. The zero-order valence-electron chi connectivity index (χ0n) is 13.8. The summed E-state index contributed by atoms with van der Waals surface area (Å²) in [5.41, 5.74) is 4.52. The molecule has 0 fully saturated rings. The second kappa shape index (κ2) is 6.91. The molecule has 1 atom stereocenters. The first kappa shape index (κ1) is 16.5. The lowest BCUT2D eigenvalue weighted by Gasteiger charge is -2.17. The fraction of sp³-hybridized carbons (Fsp3) is 0.533. The van der Waals surface area contributed by atoms with Crippen LogP contribution in [0.2, 0.25) is 0 Å². The van der Waals surface area contributed by atoms with E-state index in [2.05, 4.69) is 29.2 Å². The number of nitrogens with one attached hydrogen (secondary N) is 1. The van der Waals surface area contributed by atoms with Crippen molar-refractivity contribution in [3.05, 3.63) is 28.0 Å². The van der Waals surface area contributed by atoms with Crippen LogP contribution in [-0.4, -0.2) is 32.7 Å². The molecular weight excluding hydrogens is 298 g/mol. The van der Waals surface area contributed by atoms with E-state index >= 15 is 0 Å². The summed E-state index contributed by atoms with van der Waals surface area (Å²) >= 11 is 1.57. The van der Waals surface area contributed by atoms with Gasteiger partial charge in [-0.05, 0) is 27.2 Å². The monoisotopic (exact) mass is 321 g/mol. The van der Waals surface area contributed by atoms with Gasteiger partial charge in [-0.2, -0.15) is 5.10 Å². The number of carbonyl (C=O) groups excluding carboxylic acids is 1. The first-order valence-corrected chi connectivity index (χ1v) is 8.27. The van der Waals surface area contributed by atoms with E-state index in [1.54, 1.807) is 35.0 Å². The maximum atomic E-state index is 12.3. The molecule has 0 aromatic carbocycles. The quantitative estimate of drug-likeness (QED) is 0.915. The van der Waals surface area contributed by atoms with Gasteiger partial charge in [0.25, 0.3) is 0 Å². The molecule has 0 bridgehead atoms. The van der Waals surface area contributed by atoms with Crippen LogP contribution in [-0.2, 0) is 6.54 Å². The zero-order chi connectivity index (χ0) is 16.3. The third-order valence-electron chi connectivity index (χ3n) is 3.87. The van der Waals surface area contributed by atoms with E-state index in [1.165, 1.54) is 0 Å². The van der Waals surface area contributed by atoms with Crippen LogP contribution in [0.4, 0.5) is 10.5 Å². The number of rotatable bonds is 5. The lowest BCUT2D eigenvalue weighted by molar-refractivity contribution is 0.221. The number of urea groups is 1. The van der Waals surface area contributed by atoms with Crippen LogP contribution in [0.25, 0.3) is 0 Å². The first-order chi connectivity index (χ1) is 10.4. The van der Waals surface area contributed by atoms with Gasteiger partial charge in [0.05, 0.1) is 35.3 Å². The Hall–Kier alpha value is -1.89. The number of carbonyl (C=O) groups is 1. The molecule has 0 radical (unpaired) electrons. The summed E-state index contributed by atoms with van der Waals surface area (Å²) in [6.45, 7) is 8.72. The lowest BCUT2D eigenvalue weighted by Crippen LogP contribution is -2.31. The van der Waals surface area contributed by atoms with E-state index in [0.29, 0.717) is 12.6 Å². The summed E-state index contributed by atoms with van der Waals surface area (Å²) in [4.78, 5) is 19.3. The van der Waals surface area contributed by atoms with Gasteiger partial charge in [-0.25, -0.2) is 9.78 Å². The molecule has 2 amide bonds. The van der Waals surface area contributed by atoms with Gasteiger partial charge in [0.2, 0.25) is 0 Å². The molecule has 0 aliphatic heterocycles. The number of aryl methyl sites for hydroxylation is 1. The van der Waals surface area contributed by atoms with Crippen molar-refractivity contribution in [2.45, 2.75) is 46.7 Å². The van der Waals surface area contributed by atoms with Crippen LogP contribution >= 0.6 is 11.3 Å². The number of hydrogen-bond donors (Lipinski definition) is 1. The second-order valence-electron chi connectivity index (χ2n) is 5.49. The molecular formula is C15H23N5OS. The highest BCUT2D eigenvalue weighted by Gasteiger charge is 2.16. The third kappa shape index (κ3) is 3.47. The highest BCUT2D eigenvalue weighted by Crippen LogP contribution is 2.20. The Labute approximate surface area is 135 Å². The number of nitrogens with zero attached hydrogens (tertiary/aromatic N) is 4. The van der Waals surface area contributed by atoms with Crippen LogP contribution in [0, 0.1) is 13.8 Å². The highest BCUT2D eigenvalue weighted by atomic mass is 32.1. The summed E-state index contributed by atoms with van der Waals surface area (Å²) in [7, 11) is 1.78. The summed E-state index contributed by atoms with van der Waals surface area (Å²) in [5.74, 6) is 0. The minimum atomic E-state index is -0.139. The van der Waals surface area contributed by atoms with Crippen molar-refractivity contribution in [2.24, 2.45) is 0 Å². The summed E-state index contributed by atoms with van der Waals surface area (Å²) < 4.78 is 1.95. The summed E-state index contributed by atoms with van der Waals surface area (Å²) in [5, 5.41) is 7.29. The maximum absolute atomic E-state index is 12.3. The van der Waals surface area contributed by atoms with Crippen molar-refractivity contribution >= 4 is 23.1 Å². The van der Waals surface area contributed by atoms with Gasteiger partial charge in [-0.3, -0.25) is 4.68 Å². The predicted molar refractivity (Wildman–Crippen MR) is 89.3 cm³/mol. The molecule has 0 aliphatic rings. The van der Waals surface area contributed by atoms with Crippen LogP contribution in [0.1, 0.15) is 42.6 Å². The van der Waals surface area contributed by atoms with Gasteiger partial charge in [-0.1, -0.05) is 6.92 Å². The van der Waals surface area contributed by atoms with Crippen molar-refractivity contribution in [1.29, 1.82) is 0 Å². The molecule has 2 heterocycles. The third-order valence-corrected chi connectivity index (χ3v) is 4.79. The Bertz CT molecular complexity index is 648. The van der Waals surface area contributed by atoms with E-state index in [-0.39, 0.29) is 6.03 Å². The fourth-order valence-electron chi connectivity index (χ4n) is 2.14. The van der Waals surface area contributed by atoms with Gasteiger partial charge in [0, 0.05) is 18.0 Å². The first-order valence-electron chi connectivity index (χ1n) is 7.39. The average molecular weight is 321 g/mol. The van der Waals surface area contributed by atoms with Crippen molar-refractivity contribution < 1.29 is 4.79 Å². The van der Waals surface area contributed by atoms with E-state index in [0.717, 1.165) is 28.4 Å². The Morgan fingerprint density at radius 2 is 2.23 bits per heavy atom. The van der Waals surface area contributed by atoms with Crippen LogP contribution in [0.5, 0.6) is 0 Å². The van der Waals surface area contributed by atoms with Crippen molar-refractivity contribution in [2.75, 3.05) is 12.4 Å². The minimum absolute atomic E-state index is 0.139. The van der Waals surface area contributed by atoms with Crippen LogP contribution in [0.15, 0.2) is 11.7 Å². The highest BCUT2D eigenvalue weighted by molar-refractivity contribution is 7.09. The molecule has 7 heteroatoms. The van der Waals surface area contributed by atoms with Gasteiger partial charge < -0.3 is 10.2 Å². The molecule has 2 aromatic rings. The largest absolute Gasteiger partial charge is 0.322 e. The molecule has 0 aliphatic carbocycles. The molecule has 6 nitrogen and oxygen atoms in total. The maximum Gasteiger partial charge on any atom is 0.322 e. The Kier molecular flexibility index (Phi) is 5.18. The van der Waals surface area contributed by atoms with Gasteiger partial charge >= 0.3 is 6.03 Å². The molecule has 0 spiro atoms. The number of thiazole rings is 1. The number of hydrogen-bond acceptors (Lipinski definition) is 4. The molecule has 1 N–H and O–H groups in total. The second-order valence-corrected chi connectivity index (χ2v) is 6.43. The summed E-state index contributed by atoms with van der Waals surface area (Å²) in [6, 6.07) is 0.183. The Morgan fingerprint density at radius 1 is 1.50 bits per heavy atom. The van der Waals surface area contributed by atoms with Crippen molar-refractivity contribution in [1.82, 2.24) is 19.7 Å². The number of aromatic nitrogens is 3. The molecule has 2 aromatic heterocycles. The van der Waals surface area contributed by atoms with E-state index in [1.807, 2.05) is 18.5 Å². The lowest BCUT2D eigenvalue weighted by atomic mass is 10.2. The normalized spacial score (nSPS) is 12.2. The topological polar surface area (TPSA) is 63.1 Å². The van der Waals surface area contributed by atoms with Crippen molar-refractivity contribution in [3.8, 4) is 0 Å². The summed E-state index contributed by atoms with van der Waals surface area (Å²) in [6.07, 6.45) is 2.71. The van der Waals surface area contributed by atoms with Crippen LogP contribution in [0.3, 0.4) is 0 Å². The molecule has 0 saturated heterocycles. The van der Waals surface area contributed by atoms with Gasteiger partial charge in [-0.15, -0.1) is 11.3 Å². The minimum Gasteiger partial charge on any atom is -0.322 e. The molecule has 120 valence electrons. The van der Waals surface area contributed by atoms with Gasteiger partial charge in [0.15, 0.2) is 0 Å². The fourth-order valence-corrected chi connectivity index (χ4v) is 2.97. The van der Waals surface area contributed by atoms with Gasteiger partial charge in [0.1, 0.15) is 0 Å². The van der Waals surface area contributed by atoms with E-state index in [9.17, 15) is 4.79 Å². The molecule has 22 heavy (non-hydrogen) atoms. The van der Waals surface area contributed by atoms with E-state index in [4.69, 9.17) is 0 Å². The smallest absolute Gasteiger partial charge is 0.322 e. The predicted octanol–water partition coefficient (Wildman–Crippen LogP) is 3.59. The Morgan fingerprint density at radius 3 is 2.82 bits per heavy atom.